The van der Waals surface area contributed by atoms with E-state index in [-0.39, 0.29) is 24.4 Å². The maximum absolute atomic E-state index is 6.28. The van der Waals surface area contributed by atoms with Crippen LogP contribution in [0.1, 0.15) is 45.2 Å². The van der Waals surface area contributed by atoms with E-state index in [0.29, 0.717) is 0 Å². The van der Waals surface area contributed by atoms with E-state index in [9.17, 15) is 0 Å². The van der Waals surface area contributed by atoms with Crippen molar-refractivity contribution in [2.24, 2.45) is 9.98 Å². The normalized spacial score (nSPS) is 24.0. The van der Waals surface area contributed by atoms with Crippen molar-refractivity contribution in [1.29, 1.82) is 0 Å². The smallest absolute Gasteiger partial charge is 0.400 e. The van der Waals surface area contributed by atoms with Gasteiger partial charge in [-0.2, -0.15) is 0 Å². The van der Waals surface area contributed by atoms with Crippen LogP contribution in [0.4, 0.5) is 0 Å². The van der Waals surface area contributed by atoms with Gasteiger partial charge in [0.1, 0.15) is 0 Å². The molecule has 2 aromatic rings. The van der Waals surface area contributed by atoms with Gasteiger partial charge in [-0.3, -0.25) is 4.99 Å². The van der Waals surface area contributed by atoms with Gasteiger partial charge in [-0.05, 0) is 45.7 Å². The van der Waals surface area contributed by atoms with Gasteiger partial charge in [-0.25, -0.2) is 4.99 Å². The molecule has 0 aromatic heterocycles. The van der Waals surface area contributed by atoms with Gasteiger partial charge in [0.2, 0.25) is 0 Å². The van der Waals surface area contributed by atoms with E-state index in [4.69, 9.17) is 19.3 Å². The summed E-state index contributed by atoms with van der Waals surface area (Å²) in [7, 11) is -0.349. The third-order valence-electron chi connectivity index (χ3n) is 6.64. The van der Waals surface area contributed by atoms with Crippen molar-refractivity contribution in [2.75, 3.05) is 0 Å². The standard InChI is InChI=1S/C26H27BN2O2/c1-25(2)26(3,4)31-27(30-25)20-15-16-21-22(17-20)29-24(19-13-9-6-10-14-19)23(28-21)18-11-7-5-8-12-18/h5-16,22H,17H2,1-4H3. The summed E-state index contributed by atoms with van der Waals surface area (Å²) in [6.07, 6.45) is 4.91. The third kappa shape index (κ3) is 3.62. The Labute approximate surface area is 184 Å². The molecule has 0 N–H and O–H groups in total. The van der Waals surface area contributed by atoms with Crippen molar-refractivity contribution in [3.63, 3.8) is 0 Å². The van der Waals surface area contributed by atoms with Gasteiger partial charge in [0, 0.05) is 11.1 Å². The van der Waals surface area contributed by atoms with Crippen LogP contribution in [0.5, 0.6) is 0 Å². The summed E-state index contributed by atoms with van der Waals surface area (Å²) in [6.45, 7) is 8.33. The molecule has 1 saturated heterocycles. The second kappa shape index (κ2) is 7.43. The van der Waals surface area contributed by atoms with Gasteiger partial charge in [0.25, 0.3) is 0 Å². The Morgan fingerprint density at radius 2 is 1.32 bits per heavy atom. The summed E-state index contributed by atoms with van der Waals surface area (Å²) in [5.41, 5.74) is 5.39. The number of aliphatic imine (C=N–C) groups is 2. The molecular weight excluding hydrogens is 383 g/mol. The maximum Gasteiger partial charge on any atom is 0.490 e. The predicted octanol–water partition coefficient (Wildman–Crippen LogP) is 5.19. The molecule has 0 saturated carbocycles. The zero-order valence-corrected chi connectivity index (χ0v) is 18.5. The number of allylic oxidation sites excluding steroid dienone is 2. The molecule has 2 heterocycles. The molecule has 2 aliphatic heterocycles. The van der Waals surface area contributed by atoms with Crippen LogP contribution in [0.15, 0.2) is 94.0 Å². The van der Waals surface area contributed by atoms with Crippen LogP contribution in [0, 0.1) is 0 Å². The molecule has 4 nitrogen and oxygen atoms in total. The zero-order chi connectivity index (χ0) is 21.6. The van der Waals surface area contributed by atoms with E-state index >= 15 is 0 Å². The third-order valence-corrected chi connectivity index (χ3v) is 6.64. The number of rotatable bonds is 3. The van der Waals surface area contributed by atoms with Crippen molar-refractivity contribution in [3.05, 3.63) is 95.1 Å². The average Bonchev–Trinajstić information content (AvgIpc) is 3.00. The molecule has 2 aromatic carbocycles. The Morgan fingerprint density at radius 1 is 0.774 bits per heavy atom. The summed E-state index contributed by atoms with van der Waals surface area (Å²) in [5.74, 6) is 0. The lowest BCUT2D eigenvalue weighted by molar-refractivity contribution is 0.00578. The molecule has 1 aliphatic carbocycles. The van der Waals surface area contributed by atoms with Crippen molar-refractivity contribution in [3.8, 4) is 0 Å². The molecule has 156 valence electrons. The number of fused-ring (bicyclic) bond motifs is 1. The molecular formula is C26H27BN2O2. The Bertz CT molecular complexity index is 1100. The second-order valence-corrected chi connectivity index (χ2v) is 9.31. The Hall–Kier alpha value is -2.76. The van der Waals surface area contributed by atoms with Crippen LogP contribution in [-0.4, -0.2) is 35.8 Å². The zero-order valence-electron chi connectivity index (χ0n) is 18.5. The van der Waals surface area contributed by atoms with Crippen LogP contribution < -0.4 is 0 Å². The van der Waals surface area contributed by atoms with Gasteiger partial charge in [0.05, 0.1) is 34.4 Å². The summed E-state index contributed by atoms with van der Waals surface area (Å²) < 4.78 is 12.6. The summed E-state index contributed by atoms with van der Waals surface area (Å²) in [5, 5.41) is 0. The summed E-state index contributed by atoms with van der Waals surface area (Å²) >= 11 is 0. The maximum atomic E-state index is 6.28. The minimum Gasteiger partial charge on any atom is -0.400 e. The van der Waals surface area contributed by atoms with Crippen LogP contribution in [-0.2, 0) is 9.31 Å². The van der Waals surface area contributed by atoms with Gasteiger partial charge in [-0.1, -0.05) is 66.7 Å². The van der Waals surface area contributed by atoms with Crippen LogP contribution >= 0.6 is 0 Å². The SMILES string of the molecule is CC1(C)OB(C2=CC=C3N=C(c4ccccc4)C(c4ccccc4)=NC3C2)OC1(C)C. The van der Waals surface area contributed by atoms with Gasteiger partial charge >= 0.3 is 7.12 Å². The lowest BCUT2D eigenvalue weighted by Gasteiger charge is -2.32. The Balaban J connectivity index is 1.53. The molecule has 0 spiro atoms. The lowest BCUT2D eigenvalue weighted by Crippen LogP contribution is -2.41. The van der Waals surface area contributed by atoms with E-state index in [2.05, 4.69) is 64.1 Å². The van der Waals surface area contributed by atoms with Crippen LogP contribution in [0.3, 0.4) is 0 Å². The van der Waals surface area contributed by atoms with Crippen molar-refractivity contribution < 1.29 is 9.31 Å². The number of hydrogen-bond acceptors (Lipinski definition) is 4. The number of benzene rings is 2. The fraction of sp³-hybridized carbons (Fsp3) is 0.308. The topological polar surface area (TPSA) is 43.2 Å². The first-order valence-corrected chi connectivity index (χ1v) is 10.9. The van der Waals surface area contributed by atoms with Crippen LogP contribution in [0.2, 0.25) is 0 Å². The Kier molecular flexibility index (Phi) is 4.84. The predicted molar refractivity (Wildman–Crippen MR) is 127 cm³/mol. The van der Waals surface area contributed by atoms with E-state index in [1.54, 1.807) is 0 Å². The van der Waals surface area contributed by atoms with Crippen LogP contribution in [0.25, 0.3) is 0 Å². The fourth-order valence-corrected chi connectivity index (χ4v) is 4.10. The fourth-order valence-electron chi connectivity index (χ4n) is 4.10. The van der Waals surface area contributed by atoms with Crippen molar-refractivity contribution >= 4 is 18.5 Å². The van der Waals surface area contributed by atoms with E-state index < -0.39 is 0 Å². The second-order valence-electron chi connectivity index (χ2n) is 9.31. The molecule has 1 atom stereocenters. The minimum atomic E-state index is -0.355. The first-order chi connectivity index (χ1) is 14.8. The average molecular weight is 410 g/mol. The quantitative estimate of drug-likeness (QED) is 0.654. The molecule has 0 radical (unpaired) electrons. The van der Waals surface area contributed by atoms with Gasteiger partial charge in [0.15, 0.2) is 0 Å². The van der Waals surface area contributed by atoms with Gasteiger partial charge < -0.3 is 9.31 Å². The highest BCUT2D eigenvalue weighted by Crippen LogP contribution is 2.41. The number of nitrogens with zero attached hydrogens (tertiary/aromatic N) is 2. The Morgan fingerprint density at radius 3 is 1.90 bits per heavy atom. The highest BCUT2D eigenvalue weighted by molar-refractivity contribution is 6.55. The molecule has 0 bridgehead atoms. The monoisotopic (exact) mass is 410 g/mol. The van der Waals surface area contributed by atoms with E-state index in [1.807, 2.05) is 36.4 Å². The number of hydrogen-bond donors (Lipinski definition) is 0. The molecule has 0 amide bonds. The van der Waals surface area contributed by atoms with Crippen molar-refractivity contribution in [2.45, 2.75) is 51.4 Å². The molecule has 1 fully saturated rings. The van der Waals surface area contributed by atoms with E-state index in [1.165, 1.54) is 0 Å². The highest BCUT2D eigenvalue weighted by atomic mass is 16.7. The first kappa shape index (κ1) is 20.2. The lowest BCUT2D eigenvalue weighted by atomic mass is 9.72. The van der Waals surface area contributed by atoms with E-state index in [0.717, 1.165) is 40.1 Å². The van der Waals surface area contributed by atoms with Gasteiger partial charge in [-0.15, -0.1) is 0 Å². The summed E-state index contributed by atoms with van der Waals surface area (Å²) in [6, 6.07) is 20.5. The molecule has 5 rings (SSSR count). The molecule has 3 aliphatic rings. The first-order valence-electron chi connectivity index (χ1n) is 10.9. The molecule has 5 heteroatoms. The molecule has 31 heavy (non-hydrogen) atoms. The highest BCUT2D eigenvalue weighted by Gasteiger charge is 2.52. The van der Waals surface area contributed by atoms with Crippen molar-refractivity contribution in [1.82, 2.24) is 0 Å². The largest absolute Gasteiger partial charge is 0.490 e. The molecule has 1 unspecified atom stereocenters. The minimum absolute atomic E-state index is 0.0401. The summed E-state index contributed by atoms with van der Waals surface area (Å²) in [4.78, 5) is 10.3.